The summed E-state index contributed by atoms with van der Waals surface area (Å²) < 4.78 is 7.36. The van der Waals surface area contributed by atoms with Crippen molar-refractivity contribution in [2.45, 2.75) is 13.0 Å². The van der Waals surface area contributed by atoms with E-state index in [0.29, 0.717) is 14.6 Å². The molecule has 11 heteroatoms. The molecule has 0 radical (unpaired) electrons. The third-order valence-electron chi connectivity index (χ3n) is 3.57. The van der Waals surface area contributed by atoms with Crippen molar-refractivity contribution in [1.29, 1.82) is 0 Å². The summed E-state index contributed by atoms with van der Waals surface area (Å²) in [5.74, 6) is -0.965. The number of thiophene rings is 1. The molecule has 0 bridgehead atoms. The van der Waals surface area contributed by atoms with E-state index in [2.05, 4.69) is 9.73 Å². The van der Waals surface area contributed by atoms with Crippen molar-refractivity contribution in [2.24, 2.45) is 4.99 Å². The molecule has 2 aromatic heterocycles. The SMILES string of the molecule is COC(=O)Cn1c(=NC(=O)Cc2ccc(Cl)s2)sc2ccc([N+](=O)[O-])cc21. The second-order valence-electron chi connectivity index (χ2n) is 5.34. The van der Waals surface area contributed by atoms with E-state index in [9.17, 15) is 19.7 Å². The second kappa shape index (κ2) is 7.99. The molecule has 3 aromatic rings. The Balaban J connectivity index is 2.06. The van der Waals surface area contributed by atoms with Gasteiger partial charge >= 0.3 is 5.97 Å². The zero-order chi connectivity index (χ0) is 19.6. The number of nitro benzene ring substituents is 1. The van der Waals surface area contributed by atoms with Gasteiger partial charge in [0.2, 0.25) is 0 Å². The Kier molecular flexibility index (Phi) is 5.68. The molecule has 0 aliphatic rings. The summed E-state index contributed by atoms with van der Waals surface area (Å²) in [6, 6.07) is 7.72. The first-order valence-electron chi connectivity index (χ1n) is 7.53. The number of rotatable bonds is 5. The number of hydrogen-bond donors (Lipinski definition) is 0. The van der Waals surface area contributed by atoms with Gasteiger partial charge in [0.15, 0.2) is 4.80 Å². The lowest BCUT2D eigenvalue weighted by Gasteiger charge is -2.03. The van der Waals surface area contributed by atoms with E-state index >= 15 is 0 Å². The van der Waals surface area contributed by atoms with Gasteiger partial charge in [0.25, 0.3) is 11.6 Å². The summed E-state index contributed by atoms with van der Waals surface area (Å²) in [7, 11) is 1.24. The molecule has 27 heavy (non-hydrogen) atoms. The first kappa shape index (κ1) is 19.2. The summed E-state index contributed by atoms with van der Waals surface area (Å²) in [5.41, 5.74) is 0.315. The van der Waals surface area contributed by atoms with E-state index in [1.165, 1.54) is 35.1 Å². The van der Waals surface area contributed by atoms with E-state index in [1.54, 1.807) is 18.2 Å². The fourth-order valence-electron chi connectivity index (χ4n) is 2.34. The molecule has 0 unspecified atom stereocenters. The van der Waals surface area contributed by atoms with Gasteiger partial charge < -0.3 is 9.30 Å². The minimum atomic E-state index is -0.555. The molecule has 2 heterocycles. The Morgan fingerprint density at radius 3 is 2.70 bits per heavy atom. The molecule has 0 aliphatic carbocycles. The third kappa shape index (κ3) is 4.41. The van der Waals surface area contributed by atoms with Crippen molar-refractivity contribution in [3.05, 3.63) is 54.5 Å². The number of thiazole rings is 1. The van der Waals surface area contributed by atoms with Gasteiger partial charge in [-0.2, -0.15) is 4.99 Å². The molecule has 0 spiro atoms. The number of methoxy groups -OCH3 is 1. The van der Waals surface area contributed by atoms with Gasteiger partial charge in [0, 0.05) is 17.0 Å². The summed E-state index contributed by atoms with van der Waals surface area (Å²) in [5, 5.41) is 11.0. The third-order valence-corrected chi connectivity index (χ3v) is 5.86. The Hall–Kier alpha value is -2.56. The maximum absolute atomic E-state index is 12.3. The number of ether oxygens (including phenoxy) is 1. The molecule has 0 aliphatic heterocycles. The summed E-state index contributed by atoms with van der Waals surface area (Å²) in [6.45, 7) is -0.214. The van der Waals surface area contributed by atoms with Gasteiger partial charge in [0.05, 0.1) is 33.0 Å². The molecule has 8 nitrogen and oxygen atoms in total. The number of benzene rings is 1. The number of amides is 1. The largest absolute Gasteiger partial charge is 0.468 e. The van der Waals surface area contributed by atoms with Crippen LogP contribution in [0.5, 0.6) is 0 Å². The van der Waals surface area contributed by atoms with Gasteiger partial charge in [-0.1, -0.05) is 22.9 Å². The fraction of sp³-hybridized carbons (Fsp3) is 0.188. The zero-order valence-corrected chi connectivity index (χ0v) is 16.3. The van der Waals surface area contributed by atoms with Crippen LogP contribution >= 0.6 is 34.3 Å². The molecular formula is C16H12ClN3O5S2. The van der Waals surface area contributed by atoms with Crippen LogP contribution in [-0.4, -0.2) is 28.5 Å². The Morgan fingerprint density at radius 2 is 2.07 bits per heavy atom. The Morgan fingerprint density at radius 1 is 1.30 bits per heavy atom. The first-order valence-corrected chi connectivity index (χ1v) is 9.55. The van der Waals surface area contributed by atoms with Crippen LogP contribution in [0.4, 0.5) is 5.69 Å². The van der Waals surface area contributed by atoms with Crippen LogP contribution in [0, 0.1) is 10.1 Å². The maximum atomic E-state index is 12.3. The average molecular weight is 426 g/mol. The van der Waals surface area contributed by atoms with Crippen LogP contribution in [-0.2, 0) is 27.3 Å². The minimum Gasteiger partial charge on any atom is -0.468 e. The van der Waals surface area contributed by atoms with E-state index in [-0.39, 0.29) is 23.5 Å². The average Bonchev–Trinajstić information content (AvgIpc) is 3.17. The monoisotopic (exact) mass is 425 g/mol. The van der Waals surface area contributed by atoms with Crippen LogP contribution in [0.2, 0.25) is 4.34 Å². The van der Waals surface area contributed by atoms with Crippen molar-refractivity contribution in [1.82, 2.24) is 4.57 Å². The number of non-ortho nitro benzene ring substituents is 1. The van der Waals surface area contributed by atoms with Crippen LogP contribution in [0.1, 0.15) is 4.88 Å². The maximum Gasteiger partial charge on any atom is 0.325 e. The number of halogens is 1. The molecule has 1 amide bonds. The molecule has 3 rings (SSSR count). The molecule has 0 atom stereocenters. The highest BCUT2D eigenvalue weighted by atomic mass is 35.5. The molecule has 1 aromatic carbocycles. The number of fused-ring (bicyclic) bond motifs is 1. The Bertz CT molecular complexity index is 1110. The first-order chi connectivity index (χ1) is 12.9. The van der Waals surface area contributed by atoms with Gasteiger partial charge in [-0.25, -0.2) is 0 Å². The lowest BCUT2D eigenvalue weighted by molar-refractivity contribution is -0.384. The lowest BCUT2D eigenvalue weighted by Crippen LogP contribution is -2.22. The smallest absolute Gasteiger partial charge is 0.325 e. The predicted octanol–water partition coefficient (Wildman–Crippen LogP) is 3.17. The number of hydrogen-bond acceptors (Lipinski definition) is 7. The van der Waals surface area contributed by atoms with E-state index in [0.717, 1.165) is 16.2 Å². The predicted molar refractivity (Wildman–Crippen MR) is 102 cm³/mol. The Labute approximate surface area is 165 Å². The molecule has 140 valence electrons. The molecule has 0 N–H and O–H groups in total. The second-order valence-corrected chi connectivity index (χ2v) is 8.15. The zero-order valence-electron chi connectivity index (χ0n) is 13.9. The highest BCUT2D eigenvalue weighted by Crippen LogP contribution is 2.24. The van der Waals surface area contributed by atoms with Crippen molar-refractivity contribution in [2.75, 3.05) is 7.11 Å². The fourth-order valence-corrected chi connectivity index (χ4v) is 4.45. The normalized spacial score (nSPS) is 11.7. The van der Waals surface area contributed by atoms with Crippen LogP contribution in [0.15, 0.2) is 35.3 Å². The van der Waals surface area contributed by atoms with Crippen LogP contribution in [0.25, 0.3) is 10.2 Å². The van der Waals surface area contributed by atoms with Gasteiger partial charge in [-0.3, -0.25) is 19.7 Å². The van der Waals surface area contributed by atoms with Crippen molar-refractivity contribution in [3.63, 3.8) is 0 Å². The van der Waals surface area contributed by atoms with Crippen molar-refractivity contribution < 1.29 is 19.2 Å². The highest BCUT2D eigenvalue weighted by molar-refractivity contribution is 7.16. The topological polar surface area (TPSA) is 104 Å². The standard InChI is InChI=1S/C16H12ClN3O5S2/c1-25-15(22)8-19-11-6-9(20(23)24)2-4-12(11)27-16(19)18-14(21)7-10-3-5-13(17)26-10/h2-6H,7-8H2,1H3. The van der Waals surface area contributed by atoms with Crippen molar-refractivity contribution >= 4 is 62.1 Å². The van der Waals surface area contributed by atoms with Gasteiger partial charge in [-0.15, -0.1) is 11.3 Å². The molecular weight excluding hydrogens is 414 g/mol. The summed E-state index contributed by atoms with van der Waals surface area (Å²) in [4.78, 5) is 39.7. The number of aromatic nitrogens is 1. The highest BCUT2D eigenvalue weighted by Gasteiger charge is 2.15. The summed E-state index contributed by atoms with van der Waals surface area (Å²) in [6.07, 6.45) is 0.0734. The minimum absolute atomic E-state index is 0.0734. The number of carbonyl (C=O) groups excluding carboxylic acids is 2. The molecule has 0 fully saturated rings. The van der Waals surface area contributed by atoms with Gasteiger partial charge in [0.1, 0.15) is 6.54 Å². The van der Waals surface area contributed by atoms with Gasteiger partial charge in [-0.05, 0) is 18.2 Å². The lowest BCUT2D eigenvalue weighted by atomic mass is 10.3. The molecule has 0 saturated carbocycles. The van der Waals surface area contributed by atoms with Crippen LogP contribution < -0.4 is 4.80 Å². The summed E-state index contributed by atoms with van der Waals surface area (Å²) >= 11 is 8.32. The van der Waals surface area contributed by atoms with Crippen molar-refractivity contribution in [3.8, 4) is 0 Å². The van der Waals surface area contributed by atoms with E-state index in [4.69, 9.17) is 11.6 Å². The number of esters is 1. The number of nitro groups is 1. The van der Waals surface area contributed by atoms with E-state index < -0.39 is 16.8 Å². The number of nitrogens with zero attached hydrogens (tertiary/aromatic N) is 3. The van der Waals surface area contributed by atoms with E-state index in [1.807, 2.05) is 0 Å². The quantitative estimate of drug-likeness (QED) is 0.354. The van der Waals surface area contributed by atoms with Crippen LogP contribution in [0.3, 0.4) is 0 Å². The molecule has 0 saturated heterocycles. The number of carbonyl (C=O) groups is 2.